The number of rotatable bonds is 6. The van der Waals surface area contributed by atoms with Crippen LogP contribution in [0.2, 0.25) is 0 Å². The number of benzene rings is 2. The Kier molecular flexibility index (Phi) is 6.68. The van der Waals surface area contributed by atoms with Crippen LogP contribution in [0.25, 0.3) is 5.03 Å². The van der Waals surface area contributed by atoms with Gasteiger partial charge in [0.2, 0.25) is 0 Å². The van der Waals surface area contributed by atoms with E-state index >= 15 is 0 Å². The first-order chi connectivity index (χ1) is 14.4. The van der Waals surface area contributed by atoms with Crippen molar-refractivity contribution in [3.8, 4) is 5.75 Å². The third-order valence-electron chi connectivity index (χ3n) is 4.75. The molecule has 30 heavy (non-hydrogen) atoms. The molecule has 1 aliphatic heterocycles. The maximum atomic E-state index is 13.1. The monoisotopic (exact) mass is 429 g/mol. The van der Waals surface area contributed by atoms with Crippen molar-refractivity contribution < 1.29 is 19.2 Å². The highest BCUT2D eigenvalue weighted by molar-refractivity contribution is 6.51. The van der Waals surface area contributed by atoms with Gasteiger partial charge in [0.05, 0.1) is 17.1 Å². The smallest absolute Gasteiger partial charge is 0.271 e. The topological polar surface area (TPSA) is 102 Å². The summed E-state index contributed by atoms with van der Waals surface area (Å²) < 4.78 is 5.33. The van der Waals surface area contributed by atoms with Crippen LogP contribution in [0.3, 0.4) is 0 Å². The Morgan fingerprint density at radius 2 is 1.73 bits per heavy atom. The highest BCUT2D eigenvalue weighted by Gasteiger charge is 2.27. The van der Waals surface area contributed by atoms with Gasteiger partial charge in [-0.15, -0.1) is 0 Å². The molecule has 0 spiro atoms. The molecule has 1 heterocycles. The Balaban J connectivity index is 1.98. The van der Waals surface area contributed by atoms with Crippen LogP contribution in [-0.2, 0) is 4.79 Å². The van der Waals surface area contributed by atoms with Crippen molar-refractivity contribution in [1.82, 2.24) is 10.2 Å². The molecule has 2 amide bonds. The van der Waals surface area contributed by atoms with Crippen LogP contribution in [0.4, 0.5) is 5.69 Å². The van der Waals surface area contributed by atoms with Crippen molar-refractivity contribution in [2.75, 3.05) is 20.2 Å². The molecule has 0 aliphatic carbocycles. The van der Waals surface area contributed by atoms with Crippen LogP contribution in [0.1, 0.15) is 28.8 Å². The zero-order valence-electron chi connectivity index (χ0n) is 16.3. The first-order valence-corrected chi connectivity index (χ1v) is 9.68. The fourth-order valence-corrected chi connectivity index (χ4v) is 3.45. The molecule has 1 N–H and O–H groups in total. The molecule has 2 aromatic rings. The number of nitro benzene ring substituents is 1. The summed E-state index contributed by atoms with van der Waals surface area (Å²) in [6.07, 6.45) is 1.75. The van der Waals surface area contributed by atoms with E-state index in [1.807, 2.05) is 0 Å². The highest BCUT2D eigenvalue weighted by Crippen LogP contribution is 2.31. The number of carbonyl (C=O) groups is 2. The SMILES string of the molecule is COc1ccccc1/C(Cl)=C(/NC(=O)c1ccc([N+](=O)[O-])cc1)C(=O)N1CCCC1. The normalized spacial score (nSPS) is 14.1. The van der Waals surface area contributed by atoms with Crippen molar-refractivity contribution in [2.45, 2.75) is 12.8 Å². The van der Waals surface area contributed by atoms with Crippen molar-refractivity contribution >= 4 is 34.1 Å². The Morgan fingerprint density at radius 1 is 1.10 bits per heavy atom. The number of amides is 2. The van der Waals surface area contributed by atoms with Crippen LogP contribution >= 0.6 is 11.6 Å². The predicted octanol–water partition coefficient (Wildman–Crippen LogP) is 3.56. The minimum Gasteiger partial charge on any atom is -0.496 e. The molecule has 1 saturated heterocycles. The lowest BCUT2D eigenvalue weighted by Crippen LogP contribution is -2.37. The van der Waals surface area contributed by atoms with E-state index in [9.17, 15) is 19.7 Å². The summed E-state index contributed by atoms with van der Waals surface area (Å²) in [5.74, 6) is -0.530. The van der Waals surface area contributed by atoms with Gasteiger partial charge in [0.1, 0.15) is 11.4 Å². The number of non-ortho nitro benzene ring substituents is 1. The van der Waals surface area contributed by atoms with Gasteiger partial charge >= 0.3 is 0 Å². The van der Waals surface area contributed by atoms with E-state index in [0.29, 0.717) is 24.4 Å². The molecule has 2 aromatic carbocycles. The first kappa shape index (κ1) is 21.3. The summed E-state index contributed by atoms with van der Waals surface area (Å²) in [7, 11) is 1.49. The quantitative estimate of drug-likeness (QED) is 0.429. The zero-order valence-corrected chi connectivity index (χ0v) is 17.0. The molecule has 0 atom stereocenters. The fraction of sp³-hybridized carbons (Fsp3) is 0.238. The molecule has 0 unspecified atom stereocenters. The zero-order chi connectivity index (χ0) is 21.7. The lowest BCUT2D eigenvalue weighted by atomic mass is 10.1. The van der Waals surface area contributed by atoms with E-state index in [1.165, 1.54) is 31.4 Å². The average Bonchev–Trinajstić information content (AvgIpc) is 3.31. The number of methoxy groups -OCH3 is 1. The number of para-hydroxylation sites is 1. The van der Waals surface area contributed by atoms with Crippen LogP contribution in [0, 0.1) is 10.1 Å². The van der Waals surface area contributed by atoms with Gasteiger partial charge in [-0.05, 0) is 37.1 Å². The summed E-state index contributed by atoms with van der Waals surface area (Å²) >= 11 is 6.58. The number of nitrogens with one attached hydrogen (secondary N) is 1. The van der Waals surface area contributed by atoms with E-state index in [1.54, 1.807) is 29.2 Å². The lowest BCUT2D eigenvalue weighted by molar-refractivity contribution is -0.384. The second kappa shape index (κ2) is 9.41. The molecule has 0 bridgehead atoms. The Bertz CT molecular complexity index is 998. The summed E-state index contributed by atoms with van der Waals surface area (Å²) in [6, 6.07) is 12.0. The number of carbonyl (C=O) groups excluding carboxylic acids is 2. The third-order valence-corrected chi connectivity index (χ3v) is 5.14. The van der Waals surface area contributed by atoms with Gasteiger partial charge in [-0.1, -0.05) is 23.7 Å². The molecular weight excluding hydrogens is 410 g/mol. The number of nitrogens with zero attached hydrogens (tertiary/aromatic N) is 2. The van der Waals surface area contributed by atoms with Gasteiger partial charge in [0, 0.05) is 36.3 Å². The number of ether oxygens (including phenoxy) is 1. The van der Waals surface area contributed by atoms with Crippen molar-refractivity contribution in [2.24, 2.45) is 0 Å². The lowest BCUT2D eigenvalue weighted by Gasteiger charge is -2.20. The maximum Gasteiger partial charge on any atom is 0.271 e. The van der Waals surface area contributed by atoms with Gasteiger partial charge in [-0.3, -0.25) is 19.7 Å². The number of halogens is 1. The van der Waals surface area contributed by atoms with Gasteiger partial charge in [0.15, 0.2) is 0 Å². The number of likely N-dealkylation sites (tertiary alicyclic amines) is 1. The summed E-state index contributed by atoms with van der Waals surface area (Å²) in [5, 5.41) is 13.5. The molecule has 0 saturated carbocycles. The van der Waals surface area contributed by atoms with Crippen LogP contribution in [0.15, 0.2) is 54.2 Å². The van der Waals surface area contributed by atoms with Gasteiger partial charge < -0.3 is 15.0 Å². The summed E-state index contributed by atoms with van der Waals surface area (Å²) in [5.41, 5.74) is 0.430. The molecule has 1 fully saturated rings. The second-order valence-electron chi connectivity index (χ2n) is 6.65. The number of hydrogen-bond donors (Lipinski definition) is 1. The Labute approximate surface area is 178 Å². The molecule has 8 nitrogen and oxygen atoms in total. The molecule has 3 rings (SSSR count). The van der Waals surface area contributed by atoms with Crippen LogP contribution < -0.4 is 10.1 Å². The van der Waals surface area contributed by atoms with Crippen molar-refractivity contribution in [1.29, 1.82) is 0 Å². The summed E-state index contributed by atoms with van der Waals surface area (Å²) in [4.78, 5) is 37.8. The minimum atomic E-state index is -0.597. The Morgan fingerprint density at radius 3 is 2.33 bits per heavy atom. The third kappa shape index (κ3) is 4.60. The predicted molar refractivity (Wildman–Crippen MR) is 112 cm³/mol. The van der Waals surface area contributed by atoms with Gasteiger partial charge in [0.25, 0.3) is 17.5 Å². The molecule has 0 aromatic heterocycles. The maximum absolute atomic E-state index is 13.1. The van der Waals surface area contributed by atoms with Crippen LogP contribution in [0.5, 0.6) is 5.75 Å². The van der Waals surface area contributed by atoms with Crippen molar-refractivity contribution in [3.63, 3.8) is 0 Å². The fourth-order valence-electron chi connectivity index (χ4n) is 3.16. The van der Waals surface area contributed by atoms with E-state index in [0.717, 1.165) is 12.8 Å². The van der Waals surface area contributed by atoms with Gasteiger partial charge in [-0.25, -0.2) is 0 Å². The molecule has 156 valence electrons. The van der Waals surface area contributed by atoms with Crippen molar-refractivity contribution in [3.05, 3.63) is 75.5 Å². The molecule has 1 aliphatic rings. The van der Waals surface area contributed by atoms with E-state index in [-0.39, 0.29) is 22.0 Å². The van der Waals surface area contributed by atoms with E-state index < -0.39 is 16.7 Å². The minimum absolute atomic E-state index is 0.0552. The number of nitro groups is 1. The molecular formula is C21H20ClN3O5. The largest absolute Gasteiger partial charge is 0.496 e. The molecule has 0 radical (unpaired) electrons. The second-order valence-corrected chi connectivity index (χ2v) is 7.02. The standard InChI is InChI=1S/C21H20ClN3O5/c1-30-17-7-3-2-6-16(17)18(22)19(21(27)24-12-4-5-13-24)23-20(26)14-8-10-15(11-9-14)25(28)29/h2-3,6-11H,4-5,12-13H2,1H3,(H,23,26)/b19-18-. The van der Waals surface area contributed by atoms with Gasteiger partial charge in [-0.2, -0.15) is 0 Å². The van der Waals surface area contributed by atoms with E-state index in [4.69, 9.17) is 16.3 Å². The van der Waals surface area contributed by atoms with Crippen LogP contribution in [-0.4, -0.2) is 41.8 Å². The number of hydrogen-bond acceptors (Lipinski definition) is 5. The Hall–Kier alpha value is -3.39. The van der Waals surface area contributed by atoms with E-state index in [2.05, 4.69) is 5.32 Å². The summed E-state index contributed by atoms with van der Waals surface area (Å²) in [6.45, 7) is 1.15. The molecule has 9 heteroatoms. The highest BCUT2D eigenvalue weighted by atomic mass is 35.5. The first-order valence-electron chi connectivity index (χ1n) is 9.30. The average molecular weight is 430 g/mol.